The number of rotatable bonds is 4. The smallest absolute Gasteiger partial charge is 0.187 e. The summed E-state index contributed by atoms with van der Waals surface area (Å²) in [7, 11) is 0. The fourth-order valence-electron chi connectivity index (χ4n) is 0.717. The van der Waals surface area contributed by atoms with Crippen molar-refractivity contribution in [3.63, 3.8) is 0 Å². The van der Waals surface area contributed by atoms with E-state index in [4.69, 9.17) is 16.9 Å². The molecule has 0 rings (SSSR count). The highest BCUT2D eigenvalue weighted by Gasteiger charge is 2.27. The van der Waals surface area contributed by atoms with Crippen molar-refractivity contribution in [1.82, 2.24) is 0 Å². The maximum atomic E-state index is 9.38. The molecule has 2 unspecified atom stereocenters. The number of alkyl halides is 1. The first-order chi connectivity index (χ1) is 6.04. The normalized spacial score (nSPS) is 18.7. The van der Waals surface area contributed by atoms with E-state index in [0.29, 0.717) is 0 Å². The van der Waals surface area contributed by atoms with Gasteiger partial charge < -0.3 is 10.2 Å². The summed E-state index contributed by atoms with van der Waals surface area (Å²) in [5.41, 5.74) is 0. The molecule has 2 atom stereocenters. The third-order valence-corrected chi connectivity index (χ3v) is 1.69. The molecule has 13 heavy (non-hydrogen) atoms. The second-order valence-electron chi connectivity index (χ2n) is 2.46. The molecule has 0 saturated carbocycles. The Hall–Kier alpha value is -0.820. The topological polar surface area (TPSA) is 64.2 Å². The van der Waals surface area contributed by atoms with Gasteiger partial charge in [-0.3, -0.25) is 0 Å². The van der Waals surface area contributed by atoms with Gasteiger partial charge in [0.1, 0.15) is 6.10 Å². The molecule has 0 aromatic heterocycles. The van der Waals surface area contributed by atoms with Gasteiger partial charge in [-0.05, 0) is 13.0 Å². The zero-order valence-electron chi connectivity index (χ0n) is 7.31. The Morgan fingerprint density at radius 2 is 2.31 bits per heavy atom. The van der Waals surface area contributed by atoms with Crippen LogP contribution in [0.5, 0.6) is 0 Å². The van der Waals surface area contributed by atoms with E-state index >= 15 is 0 Å². The molecule has 0 aliphatic carbocycles. The minimum atomic E-state index is -1.79. The zero-order chi connectivity index (χ0) is 10.3. The van der Waals surface area contributed by atoms with E-state index in [0.717, 1.165) is 0 Å². The molecule has 72 valence electrons. The summed E-state index contributed by atoms with van der Waals surface area (Å²) in [6, 6.07) is 1.87. The molecule has 0 aliphatic rings. The van der Waals surface area contributed by atoms with Gasteiger partial charge in [-0.2, -0.15) is 5.26 Å². The van der Waals surface area contributed by atoms with Crippen LogP contribution in [0.15, 0.2) is 24.3 Å². The molecule has 0 aromatic carbocycles. The minimum Gasteiger partial charge on any atom is -0.384 e. The van der Waals surface area contributed by atoms with Crippen molar-refractivity contribution in [3.05, 3.63) is 24.3 Å². The van der Waals surface area contributed by atoms with E-state index in [1.54, 1.807) is 6.92 Å². The summed E-state index contributed by atoms with van der Waals surface area (Å²) in [5, 5.41) is 25.1. The zero-order valence-corrected chi connectivity index (χ0v) is 8.07. The van der Waals surface area contributed by atoms with Gasteiger partial charge in [0, 0.05) is 0 Å². The Morgan fingerprint density at radius 1 is 1.69 bits per heavy atom. The van der Waals surface area contributed by atoms with Crippen LogP contribution >= 0.6 is 11.6 Å². The van der Waals surface area contributed by atoms with Crippen LogP contribution < -0.4 is 0 Å². The number of aliphatic hydroxyl groups is 2. The van der Waals surface area contributed by atoms with Crippen molar-refractivity contribution in [1.29, 1.82) is 5.26 Å². The van der Waals surface area contributed by atoms with Gasteiger partial charge in [0.15, 0.2) is 5.06 Å². The molecule has 0 aliphatic heterocycles. The molecule has 0 amide bonds. The lowest BCUT2D eigenvalue weighted by molar-refractivity contribution is 0.0490. The molecule has 4 heteroatoms. The van der Waals surface area contributed by atoms with Crippen LogP contribution in [0.1, 0.15) is 13.3 Å². The molecular formula is C9H12ClNO2. The van der Waals surface area contributed by atoms with Crippen molar-refractivity contribution in [3.8, 4) is 6.07 Å². The predicted octanol–water partition coefficient (Wildman–Crippen LogP) is 1.32. The van der Waals surface area contributed by atoms with Crippen LogP contribution in [-0.4, -0.2) is 21.4 Å². The number of nitrogens with zero attached hydrogens (tertiary/aromatic N) is 1. The van der Waals surface area contributed by atoms with E-state index in [1.807, 2.05) is 6.07 Å². The molecule has 0 radical (unpaired) electrons. The minimum absolute atomic E-state index is 0.180. The fourth-order valence-corrected chi connectivity index (χ4v) is 0.916. The maximum Gasteiger partial charge on any atom is 0.187 e. The molecule has 2 N–H and O–H groups in total. The number of aliphatic hydroxyl groups excluding tert-OH is 1. The first kappa shape index (κ1) is 12.2. The van der Waals surface area contributed by atoms with Crippen LogP contribution in [0.4, 0.5) is 0 Å². The lowest BCUT2D eigenvalue weighted by Gasteiger charge is -2.20. The quantitative estimate of drug-likeness (QED) is 0.533. The van der Waals surface area contributed by atoms with E-state index in [9.17, 15) is 10.2 Å². The van der Waals surface area contributed by atoms with E-state index < -0.39 is 11.2 Å². The summed E-state index contributed by atoms with van der Waals surface area (Å²) < 4.78 is 0. The number of hydrogen-bond acceptors (Lipinski definition) is 3. The molecular weight excluding hydrogens is 190 g/mol. The van der Waals surface area contributed by atoms with Gasteiger partial charge in [0.25, 0.3) is 0 Å². The average molecular weight is 202 g/mol. The van der Waals surface area contributed by atoms with Crippen LogP contribution in [0.25, 0.3) is 0 Å². The average Bonchev–Trinajstić information content (AvgIpc) is 2.04. The summed E-state index contributed by atoms with van der Waals surface area (Å²) >= 11 is 5.55. The van der Waals surface area contributed by atoms with Crippen molar-refractivity contribution in [2.45, 2.75) is 24.5 Å². The standard InChI is InChI=1S/C9H12ClNO2/c1-2-6-9(10,13)8(12)5-3-4-7-11/h2-3,5-6,8,12-13H,4H2,1H3. The number of allylic oxidation sites excluding steroid dienone is 2. The third-order valence-electron chi connectivity index (χ3n) is 1.34. The first-order valence-corrected chi connectivity index (χ1v) is 4.19. The van der Waals surface area contributed by atoms with Gasteiger partial charge in [-0.15, -0.1) is 0 Å². The second kappa shape index (κ2) is 5.76. The van der Waals surface area contributed by atoms with Crippen LogP contribution in [0, 0.1) is 11.3 Å². The van der Waals surface area contributed by atoms with Gasteiger partial charge in [0.05, 0.1) is 12.5 Å². The summed E-state index contributed by atoms with van der Waals surface area (Å²) in [6.45, 7) is 1.68. The second-order valence-corrected chi connectivity index (χ2v) is 3.07. The van der Waals surface area contributed by atoms with Gasteiger partial charge in [-0.1, -0.05) is 29.8 Å². The number of halogens is 1. The van der Waals surface area contributed by atoms with Crippen molar-refractivity contribution in [2.75, 3.05) is 0 Å². The number of nitriles is 1. The molecule has 0 saturated heterocycles. The molecule has 0 bridgehead atoms. The highest BCUT2D eigenvalue weighted by molar-refractivity contribution is 6.24. The molecule has 0 heterocycles. The molecule has 0 fully saturated rings. The summed E-state index contributed by atoms with van der Waals surface area (Å²) in [5.74, 6) is 0. The van der Waals surface area contributed by atoms with Crippen LogP contribution in [0.3, 0.4) is 0 Å². The molecule has 3 nitrogen and oxygen atoms in total. The van der Waals surface area contributed by atoms with Crippen molar-refractivity contribution in [2.24, 2.45) is 0 Å². The van der Waals surface area contributed by atoms with Crippen LogP contribution in [0.2, 0.25) is 0 Å². The summed E-state index contributed by atoms with van der Waals surface area (Å²) in [4.78, 5) is 0. The predicted molar refractivity (Wildman–Crippen MR) is 51.0 cm³/mol. The van der Waals surface area contributed by atoms with Crippen molar-refractivity contribution >= 4 is 11.6 Å². The number of hydrogen-bond donors (Lipinski definition) is 2. The summed E-state index contributed by atoms with van der Waals surface area (Å²) in [6.07, 6.45) is 4.51. The van der Waals surface area contributed by atoms with Gasteiger partial charge in [0.2, 0.25) is 0 Å². The maximum absolute atomic E-state index is 9.38. The van der Waals surface area contributed by atoms with Gasteiger partial charge in [-0.25, -0.2) is 0 Å². The Kier molecular flexibility index (Phi) is 5.40. The third kappa shape index (κ3) is 4.69. The Labute approximate surface area is 82.6 Å². The van der Waals surface area contributed by atoms with E-state index in [-0.39, 0.29) is 6.42 Å². The monoisotopic (exact) mass is 201 g/mol. The highest BCUT2D eigenvalue weighted by Crippen LogP contribution is 2.19. The van der Waals surface area contributed by atoms with E-state index in [1.165, 1.54) is 24.3 Å². The van der Waals surface area contributed by atoms with Crippen molar-refractivity contribution < 1.29 is 10.2 Å². The Bertz CT molecular complexity index is 240. The Morgan fingerprint density at radius 3 is 2.77 bits per heavy atom. The first-order valence-electron chi connectivity index (χ1n) is 3.81. The lowest BCUT2D eigenvalue weighted by Crippen LogP contribution is -2.32. The fraction of sp³-hybridized carbons (Fsp3) is 0.444. The SMILES string of the molecule is CC=CC(O)(Cl)C(O)C=CCC#N. The highest BCUT2D eigenvalue weighted by atomic mass is 35.5. The van der Waals surface area contributed by atoms with Gasteiger partial charge >= 0.3 is 0 Å². The largest absolute Gasteiger partial charge is 0.384 e. The Balaban J connectivity index is 4.25. The molecule has 0 aromatic rings. The molecule has 0 spiro atoms. The van der Waals surface area contributed by atoms with E-state index in [2.05, 4.69) is 0 Å². The lowest BCUT2D eigenvalue weighted by atomic mass is 10.1. The van der Waals surface area contributed by atoms with Crippen LogP contribution in [-0.2, 0) is 0 Å².